The van der Waals surface area contributed by atoms with Crippen LogP contribution in [0, 0.1) is 11.8 Å². The summed E-state index contributed by atoms with van der Waals surface area (Å²) in [4.78, 5) is 14.9. The van der Waals surface area contributed by atoms with Gasteiger partial charge in [0.1, 0.15) is 0 Å². The quantitative estimate of drug-likeness (QED) is 0.928. The summed E-state index contributed by atoms with van der Waals surface area (Å²) < 4.78 is 5.43. The number of carbonyl (C=O) groups is 1. The van der Waals surface area contributed by atoms with Gasteiger partial charge >= 0.3 is 0 Å². The molecule has 1 amide bonds. The maximum Gasteiger partial charge on any atom is 0.225 e. The number of hydrogen-bond donors (Lipinski definition) is 1. The van der Waals surface area contributed by atoms with E-state index in [9.17, 15) is 4.79 Å². The maximum absolute atomic E-state index is 12.4. The molecular weight excluding hydrogens is 288 g/mol. The molecule has 3 rings (SSSR count). The lowest BCUT2D eigenvalue weighted by Gasteiger charge is -2.38. The van der Waals surface area contributed by atoms with Gasteiger partial charge in [-0.25, -0.2) is 0 Å². The molecule has 4 nitrogen and oxygen atoms in total. The van der Waals surface area contributed by atoms with Crippen LogP contribution in [0.15, 0.2) is 30.3 Å². The van der Waals surface area contributed by atoms with Gasteiger partial charge in [0.15, 0.2) is 0 Å². The Kier molecular flexibility index (Phi) is 5.68. The Bertz CT molecular complexity index is 499. The molecule has 2 heterocycles. The Balaban J connectivity index is 1.47. The zero-order chi connectivity index (χ0) is 16.1. The molecule has 0 radical (unpaired) electrons. The predicted octanol–water partition coefficient (Wildman–Crippen LogP) is 2.44. The summed E-state index contributed by atoms with van der Waals surface area (Å²) in [6.07, 6.45) is 3.00. The van der Waals surface area contributed by atoms with Crippen molar-refractivity contribution in [2.75, 3.05) is 26.3 Å². The fraction of sp³-hybridized carbons (Fsp3) is 0.632. The van der Waals surface area contributed by atoms with Gasteiger partial charge < -0.3 is 10.1 Å². The van der Waals surface area contributed by atoms with Crippen molar-refractivity contribution in [3.63, 3.8) is 0 Å². The minimum Gasteiger partial charge on any atom is -0.381 e. The summed E-state index contributed by atoms with van der Waals surface area (Å²) in [7, 11) is 0. The summed E-state index contributed by atoms with van der Waals surface area (Å²) in [5.41, 5.74) is 1.36. The van der Waals surface area contributed by atoms with Crippen LogP contribution >= 0.6 is 0 Å². The number of nitrogens with one attached hydrogen (secondary N) is 1. The lowest BCUT2D eigenvalue weighted by atomic mass is 9.92. The number of likely N-dealkylation sites (tertiary alicyclic amines) is 1. The third-order valence-corrected chi connectivity index (χ3v) is 5.10. The average Bonchev–Trinajstić information content (AvgIpc) is 2.59. The minimum absolute atomic E-state index is 0.0540. The van der Waals surface area contributed by atoms with Gasteiger partial charge in [-0.3, -0.25) is 9.69 Å². The van der Waals surface area contributed by atoms with E-state index in [1.807, 2.05) is 0 Å². The molecule has 0 spiro atoms. The molecule has 2 aliphatic rings. The highest BCUT2D eigenvalue weighted by Gasteiger charge is 2.30. The molecule has 4 heteroatoms. The first-order chi connectivity index (χ1) is 11.2. The highest BCUT2D eigenvalue weighted by molar-refractivity contribution is 5.79. The van der Waals surface area contributed by atoms with Gasteiger partial charge in [0.05, 0.1) is 12.5 Å². The van der Waals surface area contributed by atoms with E-state index in [1.54, 1.807) is 0 Å². The van der Waals surface area contributed by atoms with E-state index in [4.69, 9.17) is 4.74 Å². The van der Waals surface area contributed by atoms with Crippen molar-refractivity contribution in [3.05, 3.63) is 35.9 Å². The number of ether oxygens (including phenoxy) is 1. The molecule has 0 unspecified atom stereocenters. The fourth-order valence-electron chi connectivity index (χ4n) is 3.68. The van der Waals surface area contributed by atoms with Gasteiger partial charge in [-0.1, -0.05) is 37.3 Å². The molecule has 2 aliphatic heterocycles. The number of hydrogen-bond acceptors (Lipinski definition) is 3. The summed E-state index contributed by atoms with van der Waals surface area (Å²) in [6.45, 7) is 6.74. The number of nitrogens with zero attached hydrogens (tertiary/aromatic N) is 1. The number of amides is 1. The third-order valence-electron chi connectivity index (χ3n) is 5.10. The Morgan fingerprint density at radius 1 is 1.30 bits per heavy atom. The van der Waals surface area contributed by atoms with Crippen LogP contribution in [0.3, 0.4) is 0 Å². The first kappa shape index (κ1) is 16.5. The van der Waals surface area contributed by atoms with Crippen molar-refractivity contribution in [2.45, 2.75) is 38.8 Å². The molecular formula is C19H28N2O2. The molecule has 0 saturated carbocycles. The predicted molar refractivity (Wildman–Crippen MR) is 91.0 cm³/mol. The van der Waals surface area contributed by atoms with Gasteiger partial charge in [-0.05, 0) is 30.7 Å². The highest BCUT2D eigenvalue weighted by Crippen LogP contribution is 2.20. The fourth-order valence-corrected chi connectivity index (χ4v) is 3.68. The van der Waals surface area contributed by atoms with Crippen LogP contribution < -0.4 is 5.32 Å². The normalized spacial score (nSPS) is 29.2. The molecule has 126 valence electrons. The number of benzene rings is 1. The van der Waals surface area contributed by atoms with Crippen LogP contribution in [0.5, 0.6) is 0 Å². The van der Waals surface area contributed by atoms with Gasteiger partial charge in [0, 0.05) is 32.3 Å². The number of piperidine rings is 1. The molecule has 2 saturated heterocycles. The van der Waals surface area contributed by atoms with Crippen LogP contribution in [0.25, 0.3) is 0 Å². The van der Waals surface area contributed by atoms with E-state index in [0.29, 0.717) is 18.6 Å². The molecule has 1 aromatic rings. The van der Waals surface area contributed by atoms with Gasteiger partial charge in [0.25, 0.3) is 0 Å². The highest BCUT2D eigenvalue weighted by atomic mass is 16.5. The van der Waals surface area contributed by atoms with Crippen molar-refractivity contribution >= 4 is 5.91 Å². The molecule has 1 aromatic carbocycles. The monoisotopic (exact) mass is 316 g/mol. The van der Waals surface area contributed by atoms with Crippen molar-refractivity contribution < 1.29 is 9.53 Å². The van der Waals surface area contributed by atoms with Gasteiger partial charge in [0.2, 0.25) is 5.91 Å². The number of rotatable bonds is 4. The SMILES string of the molecule is C[C@@H]1CN(Cc2ccccc2)CC[C@@H]1NC(=O)[C@H]1CCCOC1. The number of carbonyl (C=O) groups excluding carboxylic acids is 1. The Labute approximate surface area is 139 Å². The zero-order valence-electron chi connectivity index (χ0n) is 14.0. The average molecular weight is 316 g/mol. The lowest BCUT2D eigenvalue weighted by Crippen LogP contribution is -2.51. The van der Waals surface area contributed by atoms with Crippen molar-refractivity contribution in [2.24, 2.45) is 11.8 Å². The summed E-state index contributed by atoms with van der Waals surface area (Å²) in [5.74, 6) is 0.734. The lowest BCUT2D eigenvalue weighted by molar-refractivity contribution is -0.130. The molecule has 0 aromatic heterocycles. The molecule has 1 N–H and O–H groups in total. The molecule has 0 bridgehead atoms. The van der Waals surface area contributed by atoms with E-state index < -0.39 is 0 Å². The first-order valence-corrected chi connectivity index (χ1v) is 8.87. The van der Waals surface area contributed by atoms with Gasteiger partial charge in [-0.2, -0.15) is 0 Å². The zero-order valence-corrected chi connectivity index (χ0v) is 14.0. The molecule has 3 atom stereocenters. The standard InChI is InChI=1S/C19H28N2O2/c1-15-12-21(13-16-6-3-2-4-7-16)10-9-18(15)20-19(22)17-8-5-11-23-14-17/h2-4,6-7,15,17-18H,5,8-14H2,1H3,(H,20,22)/t15-,17+,18+/m1/s1. The Morgan fingerprint density at radius 2 is 2.13 bits per heavy atom. The van der Waals surface area contributed by atoms with Crippen LogP contribution in [0.4, 0.5) is 0 Å². The molecule has 0 aliphatic carbocycles. The summed E-state index contributed by atoms with van der Waals surface area (Å²) in [5, 5.41) is 3.28. The van der Waals surface area contributed by atoms with E-state index >= 15 is 0 Å². The van der Waals surface area contributed by atoms with E-state index in [-0.39, 0.29) is 11.8 Å². The smallest absolute Gasteiger partial charge is 0.225 e. The van der Waals surface area contributed by atoms with Crippen molar-refractivity contribution in [1.29, 1.82) is 0 Å². The van der Waals surface area contributed by atoms with Crippen LogP contribution in [0.2, 0.25) is 0 Å². The molecule has 2 fully saturated rings. The van der Waals surface area contributed by atoms with Crippen molar-refractivity contribution in [3.8, 4) is 0 Å². The largest absolute Gasteiger partial charge is 0.381 e. The second-order valence-electron chi connectivity index (χ2n) is 7.02. The molecule has 23 heavy (non-hydrogen) atoms. The summed E-state index contributed by atoms with van der Waals surface area (Å²) >= 11 is 0. The van der Waals surface area contributed by atoms with Crippen LogP contribution in [0.1, 0.15) is 31.7 Å². The minimum atomic E-state index is 0.0540. The Hall–Kier alpha value is -1.39. The second-order valence-corrected chi connectivity index (χ2v) is 7.02. The first-order valence-electron chi connectivity index (χ1n) is 8.87. The maximum atomic E-state index is 12.4. The van der Waals surface area contributed by atoms with Gasteiger partial charge in [-0.15, -0.1) is 0 Å². The topological polar surface area (TPSA) is 41.6 Å². The van der Waals surface area contributed by atoms with Crippen LogP contribution in [-0.4, -0.2) is 43.2 Å². The van der Waals surface area contributed by atoms with E-state index in [2.05, 4.69) is 47.5 Å². The third kappa shape index (κ3) is 4.55. The van der Waals surface area contributed by atoms with E-state index in [1.165, 1.54) is 5.56 Å². The van der Waals surface area contributed by atoms with Crippen molar-refractivity contribution in [1.82, 2.24) is 10.2 Å². The van der Waals surface area contributed by atoms with Crippen LogP contribution in [-0.2, 0) is 16.1 Å². The second kappa shape index (κ2) is 7.93. The van der Waals surface area contributed by atoms with E-state index in [0.717, 1.165) is 45.5 Å². The Morgan fingerprint density at radius 3 is 2.83 bits per heavy atom. The summed E-state index contributed by atoms with van der Waals surface area (Å²) in [6, 6.07) is 10.9.